The number of nitrogen functional groups attached to an aromatic ring is 1. The van der Waals surface area contributed by atoms with Gasteiger partial charge in [0.25, 0.3) is 10.0 Å². The summed E-state index contributed by atoms with van der Waals surface area (Å²) in [4.78, 5) is -0.163. The van der Waals surface area contributed by atoms with Gasteiger partial charge in [-0.05, 0) is 30.3 Å². The maximum Gasteiger partial charge on any atom is 0.261 e. The number of hydrogen-bond donors (Lipinski definition) is 2. The van der Waals surface area contributed by atoms with E-state index < -0.39 is 27.3 Å². The fourth-order valence-corrected chi connectivity index (χ4v) is 2.61. The molecule has 2 aromatic rings. The number of rotatable bonds is 3. The van der Waals surface area contributed by atoms with Crippen molar-refractivity contribution < 1.29 is 17.2 Å². The first-order valence-electron chi connectivity index (χ1n) is 5.61. The highest BCUT2D eigenvalue weighted by atomic mass is 32.2. The molecule has 0 atom stereocenters. The van der Waals surface area contributed by atoms with E-state index in [9.17, 15) is 17.2 Å². The Kier molecular flexibility index (Phi) is 3.78. The minimum atomic E-state index is -4.07. The number of halogens is 2. The van der Waals surface area contributed by atoms with Crippen LogP contribution in [-0.2, 0) is 10.0 Å². The molecule has 8 heteroatoms. The van der Waals surface area contributed by atoms with Crippen molar-refractivity contribution in [2.45, 2.75) is 4.90 Å². The molecule has 0 aliphatic carbocycles. The van der Waals surface area contributed by atoms with Crippen molar-refractivity contribution >= 4 is 21.4 Å². The average molecular weight is 309 g/mol. The van der Waals surface area contributed by atoms with Crippen LogP contribution < -0.4 is 10.5 Å². The molecule has 0 saturated carbocycles. The van der Waals surface area contributed by atoms with E-state index in [1.165, 1.54) is 24.3 Å². The molecular weight excluding hydrogens is 300 g/mol. The van der Waals surface area contributed by atoms with E-state index in [-0.39, 0.29) is 16.1 Å². The summed E-state index contributed by atoms with van der Waals surface area (Å²) in [6.07, 6.45) is 0. The van der Waals surface area contributed by atoms with Crippen LogP contribution in [0.2, 0.25) is 0 Å². The van der Waals surface area contributed by atoms with Crippen molar-refractivity contribution in [3.05, 3.63) is 53.6 Å². The molecule has 0 radical (unpaired) electrons. The van der Waals surface area contributed by atoms with Gasteiger partial charge in [0, 0.05) is 6.07 Å². The van der Waals surface area contributed by atoms with E-state index in [4.69, 9.17) is 11.0 Å². The minimum absolute atomic E-state index is 0.163. The SMILES string of the molecule is N#Cc1ccc(S(=O)(=O)Nc2cc(N)c(F)cc2F)cc1. The molecule has 3 N–H and O–H groups in total. The van der Waals surface area contributed by atoms with Gasteiger partial charge < -0.3 is 5.73 Å². The summed E-state index contributed by atoms with van der Waals surface area (Å²) in [6, 6.07) is 8.21. The maximum atomic E-state index is 13.5. The van der Waals surface area contributed by atoms with Crippen LogP contribution in [0.25, 0.3) is 0 Å². The number of benzene rings is 2. The van der Waals surface area contributed by atoms with Gasteiger partial charge in [-0.2, -0.15) is 5.26 Å². The Bertz CT molecular complexity index is 828. The van der Waals surface area contributed by atoms with Crippen molar-refractivity contribution in [1.82, 2.24) is 0 Å². The van der Waals surface area contributed by atoms with Gasteiger partial charge in [0.05, 0.1) is 27.9 Å². The average Bonchev–Trinajstić information content (AvgIpc) is 2.44. The van der Waals surface area contributed by atoms with Crippen molar-refractivity contribution in [3.8, 4) is 6.07 Å². The second kappa shape index (κ2) is 5.38. The standard InChI is InChI=1S/C13H9F2N3O2S/c14-10-5-11(15)13(6-12(10)17)18-21(19,20)9-3-1-8(7-16)2-4-9/h1-6,18H,17H2. The third kappa shape index (κ3) is 3.09. The smallest absolute Gasteiger partial charge is 0.261 e. The highest BCUT2D eigenvalue weighted by Gasteiger charge is 2.17. The van der Waals surface area contributed by atoms with Crippen molar-refractivity contribution in [3.63, 3.8) is 0 Å². The Hall–Kier alpha value is -2.66. The largest absolute Gasteiger partial charge is 0.396 e. The third-order valence-electron chi connectivity index (χ3n) is 2.62. The van der Waals surface area contributed by atoms with Gasteiger partial charge in [-0.3, -0.25) is 4.72 Å². The molecule has 0 spiro atoms. The topological polar surface area (TPSA) is 96.0 Å². The molecule has 5 nitrogen and oxygen atoms in total. The van der Waals surface area contributed by atoms with E-state index in [0.29, 0.717) is 6.07 Å². The van der Waals surface area contributed by atoms with Crippen LogP contribution in [0.5, 0.6) is 0 Å². The fourth-order valence-electron chi connectivity index (χ4n) is 1.56. The fraction of sp³-hybridized carbons (Fsp3) is 0. The summed E-state index contributed by atoms with van der Waals surface area (Å²) in [7, 11) is -4.07. The second-order valence-electron chi connectivity index (χ2n) is 4.10. The first kappa shape index (κ1) is 14.7. The lowest BCUT2D eigenvalue weighted by Crippen LogP contribution is -2.14. The number of sulfonamides is 1. The van der Waals surface area contributed by atoms with Crippen LogP contribution in [0.4, 0.5) is 20.2 Å². The van der Waals surface area contributed by atoms with Gasteiger partial charge in [-0.15, -0.1) is 0 Å². The van der Waals surface area contributed by atoms with Gasteiger partial charge in [0.2, 0.25) is 0 Å². The van der Waals surface area contributed by atoms with Crippen molar-refractivity contribution in [2.24, 2.45) is 0 Å². The van der Waals surface area contributed by atoms with Gasteiger partial charge in [-0.25, -0.2) is 17.2 Å². The molecular formula is C13H9F2N3O2S. The van der Waals surface area contributed by atoms with Gasteiger partial charge in [0.15, 0.2) is 0 Å². The molecule has 0 aromatic heterocycles. The predicted molar refractivity (Wildman–Crippen MR) is 72.7 cm³/mol. The minimum Gasteiger partial charge on any atom is -0.396 e. The van der Waals surface area contributed by atoms with E-state index >= 15 is 0 Å². The zero-order valence-electron chi connectivity index (χ0n) is 10.5. The highest BCUT2D eigenvalue weighted by Crippen LogP contribution is 2.24. The number of anilines is 2. The summed E-state index contributed by atoms with van der Waals surface area (Å²) in [6.45, 7) is 0. The van der Waals surface area contributed by atoms with Gasteiger partial charge in [-0.1, -0.05) is 0 Å². The van der Waals surface area contributed by atoms with Gasteiger partial charge in [0.1, 0.15) is 11.6 Å². The first-order valence-corrected chi connectivity index (χ1v) is 7.09. The van der Waals surface area contributed by atoms with Crippen LogP contribution >= 0.6 is 0 Å². The Morgan fingerprint density at radius 3 is 2.29 bits per heavy atom. The monoisotopic (exact) mass is 309 g/mol. The molecule has 0 unspecified atom stereocenters. The van der Waals surface area contributed by atoms with Crippen molar-refractivity contribution in [1.29, 1.82) is 5.26 Å². The number of nitrogens with two attached hydrogens (primary N) is 1. The Morgan fingerprint density at radius 2 is 1.71 bits per heavy atom. The Morgan fingerprint density at radius 1 is 1.10 bits per heavy atom. The summed E-state index contributed by atoms with van der Waals surface area (Å²) < 4.78 is 52.6. The van der Waals surface area contributed by atoms with Crippen LogP contribution in [0.15, 0.2) is 41.3 Å². The van der Waals surface area contributed by atoms with Crippen molar-refractivity contribution in [2.75, 3.05) is 10.5 Å². The van der Waals surface area contributed by atoms with E-state index in [0.717, 1.165) is 6.07 Å². The lowest BCUT2D eigenvalue weighted by molar-refractivity contribution is 0.585. The molecule has 0 aliphatic heterocycles. The molecule has 108 valence electrons. The summed E-state index contributed by atoms with van der Waals surface area (Å²) >= 11 is 0. The second-order valence-corrected chi connectivity index (χ2v) is 5.78. The molecule has 0 fully saturated rings. The summed E-state index contributed by atoms with van der Waals surface area (Å²) in [5, 5.41) is 8.65. The lowest BCUT2D eigenvalue weighted by atomic mass is 10.2. The van der Waals surface area contributed by atoms with Crippen LogP contribution in [0.3, 0.4) is 0 Å². The van der Waals surface area contributed by atoms with Crippen LogP contribution in [0, 0.1) is 23.0 Å². The molecule has 2 rings (SSSR count). The molecule has 2 aromatic carbocycles. The molecule has 0 bridgehead atoms. The molecule has 0 aliphatic rings. The number of nitriles is 1. The highest BCUT2D eigenvalue weighted by molar-refractivity contribution is 7.92. The third-order valence-corrected chi connectivity index (χ3v) is 4.01. The zero-order chi connectivity index (χ0) is 15.6. The Labute approximate surface area is 119 Å². The number of hydrogen-bond acceptors (Lipinski definition) is 4. The molecule has 21 heavy (non-hydrogen) atoms. The summed E-state index contributed by atoms with van der Waals surface area (Å²) in [5.74, 6) is -2.06. The zero-order valence-corrected chi connectivity index (χ0v) is 11.3. The van der Waals surface area contributed by atoms with E-state index in [1.807, 2.05) is 10.8 Å². The first-order chi connectivity index (χ1) is 9.83. The molecule has 0 saturated heterocycles. The van der Waals surface area contributed by atoms with Gasteiger partial charge >= 0.3 is 0 Å². The number of nitrogens with zero attached hydrogens (tertiary/aromatic N) is 1. The lowest BCUT2D eigenvalue weighted by Gasteiger charge is -2.10. The molecule has 0 heterocycles. The van der Waals surface area contributed by atoms with Crippen LogP contribution in [0.1, 0.15) is 5.56 Å². The van der Waals surface area contributed by atoms with Crippen LogP contribution in [-0.4, -0.2) is 8.42 Å². The summed E-state index contributed by atoms with van der Waals surface area (Å²) in [5.41, 5.74) is 4.72. The number of nitrogens with one attached hydrogen (secondary N) is 1. The Balaban J connectivity index is 2.37. The maximum absolute atomic E-state index is 13.5. The van der Waals surface area contributed by atoms with E-state index in [2.05, 4.69) is 0 Å². The predicted octanol–water partition coefficient (Wildman–Crippen LogP) is 2.22. The molecule has 0 amide bonds. The normalized spacial score (nSPS) is 10.9. The quantitative estimate of drug-likeness (QED) is 0.850. The van der Waals surface area contributed by atoms with E-state index in [1.54, 1.807) is 0 Å².